The Balaban J connectivity index is 0.00000176. The SMILES string of the molecule is I.NC(=NCC1CCC1)NCCc1ccc2c(c1)OCCO2. The summed E-state index contributed by atoms with van der Waals surface area (Å²) in [5.74, 6) is 2.98. The molecule has 2 aliphatic rings. The van der Waals surface area contributed by atoms with Gasteiger partial charge in [0, 0.05) is 13.1 Å². The van der Waals surface area contributed by atoms with E-state index in [9.17, 15) is 0 Å². The molecule has 0 aromatic heterocycles. The monoisotopic (exact) mass is 417 g/mol. The van der Waals surface area contributed by atoms with Crippen LogP contribution in [0.15, 0.2) is 23.2 Å². The van der Waals surface area contributed by atoms with Gasteiger partial charge in [-0.05, 0) is 42.9 Å². The third-order valence-electron chi connectivity index (χ3n) is 4.07. The van der Waals surface area contributed by atoms with Gasteiger partial charge in [-0.1, -0.05) is 12.5 Å². The quantitative estimate of drug-likeness (QED) is 0.439. The summed E-state index contributed by atoms with van der Waals surface area (Å²) in [5.41, 5.74) is 7.08. The molecule has 3 N–H and O–H groups in total. The first kappa shape index (κ1) is 17.2. The van der Waals surface area contributed by atoms with Crippen LogP contribution in [0.4, 0.5) is 0 Å². The molecule has 0 bridgehead atoms. The molecule has 0 atom stereocenters. The fraction of sp³-hybridized carbons (Fsp3) is 0.562. The fourth-order valence-electron chi connectivity index (χ4n) is 2.54. The van der Waals surface area contributed by atoms with E-state index in [0.717, 1.165) is 36.9 Å². The molecule has 1 aliphatic carbocycles. The van der Waals surface area contributed by atoms with E-state index in [1.54, 1.807) is 0 Å². The predicted molar refractivity (Wildman–Crippen MR) is 98.4 cm³/mol. The van der Waals surface area contributed by atoms with Crippen molar-refractivity contribution in [1.82, 2.24) is 5.32 Å². The number of guanidine groups is 1. The van der Waals surface area contributed by atoms with E-state index in [1.165, 1.54) is 24.8 Å². The van der Waals surface area contributed by atoms with Crippen molar-refractivity contribution in [2.45, 2.75) is 25.7 Å². The lowest BCUT2D eigenvalue weighted by Gasteiger charge is -2.23. The maximum atomic E-state index is 5.87. The standard InChI is InChI=1S/C16H23N3O2.HI/c17-16(19-11-13-2-1-3-13)18-7-6-12-4-5-14-15(10-12)21-9-8-20-14;/h4-5,10,13H,1-3,6-9,11H2,(H3,17,18,19);1H. The van der Waals surface area contributed by atoms with Crippen LogP contribution in [0, 0.1) is 5.92 Å². The van der Waals surface area contributed by atoms with E-state index >= 15 is 0 Å². The molecule has 5 nitrogen and oxygen atoms in total. The fourth-order valence-corrected chi connectivity index (χ4v) is 2.54. The molecular formula is C16H24IN3O2. The van der Waals surface area contributed by atoms with Crippen molar-refractivity contribution in [2.75, 3.05) is 26.3 Å². The Morgan fingerprint density at radius 2 is 2.00 bits per heavy atom. The summed E-state index contributed by atoms with van der Waals surface area (Å²) in [4.78, 5) is 4.39. The van der Waals surface area contributed by atoms with Crippen LogP contribution in [0.3, 0.4) is 0 Å². The Morgan fingerprint density at radius 3 is 2.73 bits per heavy atom. The number of rotatable bonds is 5. The summed E-state index contributed by atoms with van der Waals surface area (Å²) < 4.78 is 11.1. The van der Waals surface area contributed by atoms with Crippen LogP contribution in [0.1, 0.15) is 24.8 Å². The zero-order chi connectivity index (χ0) is 14.5. The number of nitrogens with one attached hydrogen (secondary N) is 1. The van der Waals surface area contributed by atoms with Gasteiger partial charge in [-0.15, -0.1) is 24.0 Å². The van der Waals surface area contributed by atoms with Gasteiger partial charge < -0.3 is 20.5 Å². The number of hydrogen-bond donors (Lipinski definition) is 2. The number of fused-ring (bicyclic) bond motifs is 1. The van der Waals surface area contributed by atoms with Crippen molar-refractivity contribution < 1.29 is 9.47 Å². The van der Waals surface area contributed by atoms with Crippen LogP contribution in [-0.2, 0) is 6.42 Å². The molecule has 1 aromatic carbocycles. The lowest BCUT2D eigenvalue weighted by molar-refractivity contribution is 0.171. The molecule has 1 saturated carbocycles. The molecule has 0 saturated heterocycles. The van der Waals surface area contributed by atoms with Gasteiger partial charge >= 0.3 is 0 Å². The number of ether oxygens (including phenoxy) is 2. The highest BCUT2D eigenvalue weighted by atomic mass is 127. The van der Waals surface area contributed by atoms with Crippen molar-refractivity contribution in [3.63, 3.8) is 0 Å². The largest absolute Gasteiger partial charge is 0.486 e. The van der Waals surface area contributed by atoms with Crippen LogP contribution in [0.25, 0.3) is 0 Å². The Labute approximate surface area is 148 Å². The van der Waals surface area contributed by atoms with Crippen LogP contribution < -0.4 is 20.5 Å². The lowest BCUT2D eigenvalue weighted by Crippen LogP contribution is -2.34. The van der Waals surface area contributed by atoms with Gasteiger partial charge in [-0.2, -0.15) is 0 Å². The molecule has 0 amide bonds. The van der Waals surface area contributed by atoms with Crippen LogP contribution in [-0.4, -0.2) is 32.3 Å². The normalized spacial score (nSPS) is 17.4. The zero-order valence-corrected chi connectivity index (χ0v) is 15.0. The average Bonchev–Trinajstić information content (AvgIpc) is 2.45. The summed E-state index contributed by atoms with van der Waals surface area (Å²) in [6, 6.07) is 6.08. The van der Waals surface area contributed by atoms with E-state index in [2.05, 4.69) is 16.4 Å². The molecule has 3 rings (SSSR count). The summed E-state index contributed by atoms with van der Waals surface area (Å²) in [7, 11) is 0. The number of nitrogens with zero attached hydrogens (tertiary/aromatic N) is 1. The number of hydrogen-bond acceptors (Lipinski definition) is 3. The molecule has 1 fully saturated rings. The van der Waals surface area contributed by atoms with Crippen molar-refractivity contribution in [2.24, 2.45) is 16.6 Å². The molecular weight excluding hydrogens is 393 g/mol. The van der Waals surface area contributed by atoms with Gasteiger partial charge in [0.25, 0.3) is 0 Å². The van der Waals surface area contributed by atoms with Gasteiger partial charge in [-0.25, -0.2) is 0 Å². The third kappa shape index (κ3) is 4.66. The maximum absolute atomic E-state index is 5.87. The molecule has 6 heteroatoms. The van der Waals surface area contributed by atoms with Gasteiger partial charge in [0.2, 0.25) is 0 Å². The van der Waals surface area contributed by atoms with Crippen LogP contribution in [0.5, 0.6) is 11.5 Å². The topological polar surface area (TPSA) is 68.9 Å². The third-order valence-corrected chi connectivity index (χ3v) is 4.07. The number of nitrogens with two attached hydrogens (primary N) is 1. The second-order valence-corrected chi connectivity index (χ2v) is 5.68. The van der Waals surface area contributed by atoms with E-state index in [-0.39, 0.29) is 24.0 Å². The molecule has 1 aromatic rings. The van der Waals surface area contributed by atoms with E-state index in [0.29, 0.717) is 19.2 Å². The molecule has 1 aliphatic heterocycles. The predicted octanol–water partition coefficient (Wildman–Crippen LogP) is 2.32. The highest BCUT2D eigenvalue weighted by molar-refractivity contribution is 14.0. The summed E-state index contributed by atoms with van der Waals surface area (Å²) >= 11 is 0. The molecule has 22 heavy (non-hydrogen) atoms. The average molecular weight is 417 g/mol. The minimum absolute atomic E-state index is 0. The Kier molecular flexibility index (Phi) is 6.60. The van der Waals surface area contributed by atoms with Crippen molar-refractivity contribution >= 4 is 29.9 Å². The highest BCUT2D eigenvalue weighted by Gasteiger charge is 2.16. The molecule has 122 valence electrons. The lowest BCUT2D eigenvalue weighted by atomic mass is 9.86. The van der Waals surface area contributed by atoms with Gasteiger partial charge in [0.05, 0.1) is 0 Å². The highest BCUT2D eigenvalue weighted by Crippen LogP contribution is 2.30. The second-order valence-electron chi connectivity index (χ2n) is 5.68. The van der Waals surface area contributed by atoms with Crippen LogP contribution in [0.2, 0.25) is 0 Å². The first-order chi connectivity index (χ1) is 10.3. The smallest absolute Gasteiger partial charge is 0.188 e. The Hall–Kier alpha value is -1.18. The van der Waals surface area contributed by atoms with Crippen molar-refractivity contribution in [1.29, 1.82) is 0 Å². The minimum Gasteiger partial charge on any atom is -0.486 e. The number of benzene rings is 1. The zero-order valence-electron chi connectivity index (χ0n) is 12.7. The van der Waals surface area contributed by atoms with Crippen LogP contribution >= 0.6 is 24.0 Å². The first-order valence-corrected chi connectivity index (χ1v) is 7.73. The Morgan fingerprint density at radius 1 is 1.23 bits per heavy atom. The summed E-state index contributed by atoms with van der Waals surface area (Å²) in [5, 5.41) is 3.17. The summed E-state index contributed by atoms with van der Waals surface area (Å²) in [6.45, 7) is 2.89. The van der Waals surface area contributed by atoms with Gasteiger partial charge in [0.15, 0.2) is 17.5 Å². The van der Waals surface area contributed by atoms with E-state index in [1.807, 2.05) is 12.1 Å². The van der Waals surface area contributed by atoms with Crippen molar-refractivity contribution in [3.05, 3.63) is 23.8 Å². The van der Waals surface area contributed by atoms with E-state index in [4.69, 9.17) is 15.2 Å². The van der Waals surface area contributed by atoms with Gasteiger partial charge in [-0.3, -0.25) is 4.99 Å². The molecule has 0 spiro atoms. The maximum Gasteiger partial charge on any atom is 0.188 e. The van der Waals surface area contributed by atoms with E-state index < -0.39 is 0 Å². The molecule has 0 radical (unpaired) electrons. The number of aliphatic imine (C=N–C) groups is 1. The molecule has 1 heterocycles. The van der Waals surface area contributed by atoms with Gasteiger partial charge in [0.1, 0.15) is 13.2 Å². The number of halogens is 1. The van der Waals surface area contributed by atoms with Crippen molar-refractivity contribution in [3.8, 4) is 11.5 Å². The summed E-state index contributed by atoms with van der Waals surface area (Å²) in [6.07, 6.45) is 4.83. The Bertz CT molecular complexity index is 518. The second kappa shape index (κ2) is 8.45. The molecule has 0 unspecified atom stereocenters. The first-order valence-electron chi connectivity index (χ1n) is 7.73. The minimum atomic E-state index is 0.